The highest BCUT2D eigenvalue weighted by molar-refractivity contribution is 7.92. The number of carbonyl (C=O) groups excluding carboxylic acids is 2. The van der Waals surface area contributed by atoms with Crippen LogP contribution in [0.1, 0.15) is 19.4 Å². The highest BCUT2D eigenvalue weighted by Gasteiger charge is 2.30. The maximum absolute atomic E-state index is 13.3. The van der Waals surface area contributed by atoms with E-state index in [4.69, 9.17) is 34.8 Å². The van der Waals surface area contributed by atoms with Gasteiger partial charge in [0.15, 0.2) is 0 Å². The molecule has 2 aromatic carbocycles. The van der Waals surface area contributed by atoms with Gasteiger partial charge in [0.05, 0.1) is 11.9 Å². The first-order valence-electron chi connectivity index (χ1n) is 9.68. The Morgan fingerprint density at radius 1 is 1.06 bits per heavy atom. The van der Waals surface area contributed by atoms with Crippen molar-refractivity contribution in [3.8, 4) is 0 Å². The minimum absolute atomic E-state index is 0.0136. The molecule has 0 fully saturated rings. The SMILES string of the molecule is CCNC(=O)C(C)N(Cc1ccc(Cl)cc1Cl)C(=O)CN(c1cccc(Cl)c1)S(C)(=O)=O. The fraction of sp³-hybridized carbons (Fsp3) is 0.333. The molecule has 1 atom stereocenters. The van der Waals surface area contributed by atoms with E-state index in [-0.39, 0.29) is 18.1 Å². The average molecular weight is 521 g/mol. The molecule has 2 aromatic rings. The van der Waals surface area contributed by atoms with Crippen LogP contribution >= 0.6 is 34.8 Å². The second-order valence-electron chi connectivity index (χ2n) is 7.08. The van der Waals surface area contributed by atoms with E-state index in [1.807, 2.05) is 0 Å². The van der Waals surface area contributed by atoms with Gasteiger partial charge in [-0.2, -0.15) is 0 Å². The van der Waals surface area contributed by atoms with Crippen LogP contribution in [-0.2, 0) is 26.2 Å². The Morgan fingerprint density at radius 3 is 2.28 bits per heavy atom. The summed E-state index contributed by atoms with van der Waals surface area (Å²) in [7, 11) is -3.82. The Hall–Kier alpha value is -2.00. The van der Waals surface area contributed by atoms with Gasteiger partial charge in [-0.15, -0.1) is 0 Å². The number of hydrogen-bond acceptors (Lipinski definition) is 4. The molecule has 0 bridgehead atoms. The highest BCUT2D eigenvalue weighted by Crippen LogP contribution is 2.25. The number of halogens is 3. The average Bonchev–Trinajstić information content (AvgIpc) is 2.70. The minimum atomic E-state index is -3.82. The van der Waals surface area contributed by atoms with Gasteiger partial charge in [-0.1, -0.05) is 46.9 Å². The van der Waals surface area contributed by atoms with Crippen molar-refractivity contribution in [3.63, 3.8) is 0 Å². The monoisotopic (exact) mass is 519 g/mol. The van der Waals surface area contributed by atoms with Crippen molar-refractivity contribution >= 4 is 62.3 Å². The van der Waals surface area contributed by atoms with Crippen molar-refractivity contribution in [1.82, 2.24) is 10.2 Å². The smallest absolute Gasteiger partial charge is 0.244 e. The van der Waals surface area contributed by atoms with Gasteiger partial charge < -0.3 is 10.2 Å². The van der Waals surface area contributed by atoms with Crippen LogP contribution in [0.5, 0.6) is 0 Å². The van der Waals surface area contributed by atoms with Gasteiger partial charge in [-0.3, -0.25) is 13.9 Å². The maximum Gasteiger partial charge on any atom is 0.244 e. The molecule has 11 heteroatoms. The fourth-order valence-electron chi connectivity index (χ4n) is 2.98. The van der Waals surface area contributed by atoms with Crippen molar-refractivity contribution in [2.45, 2.75) is 26.4 Å². The Balaban J connectivity index is 2.41. The van der Waals surface area contributed by atoms with Gasteiger partial charge in [0.25, 0.3) is 0 Å². The van der Waals surface area contributed by atoms with Crippen LogP contribution in [-0.4, -0.2) is 50.5 Å². The van der Waals surface area contributed by atoms with Gasteiger partial charge in [0.1, 0.15) is 12.6 Å². The summed E-state index contributed by atoms with van der Waals surface area (Å²) in [5.74, 6) is -0.959. The number of likely N-dealkylation sites (N-methyl/N-ethyl adjacent to an activating group) is 1. The second kappa shape index (κ2) is 11.2. The van der Waals surface area contributed by atoms with E-state index in [2.05, 4.69) is 5.32 Å². The zero-order valence-corrected chi connectivity index (χ0v) is 20.9. The predicted octanol–water partition coefficient (Wildman–Crippen LogP) is 3.97. The molecular formula is C21H24Cl3N3O4S. The van der Waals surface area contributed by atoms with E-state index in [1.54, 1.807) is 38.1 Å². The molecule has 0 heterocycles. The zero-order valence-electron chi connectivity index (χ0n) is 17.8. The van der Waals surface area contributed by atoms with Crippen LogP contribution in [0.2, 0.25) is 15.1 Å². The van der Waals surface area contributed by atoms with E-state index in [9.17, 15) is 18.0 Å². The lowest BCUT2D eigenvalue weighted by Crippen LogP contribution is -2.51. The lowest BCUT2D eigenvalue weighted by molar-refractivity contribution is -0.139. The Kier molecular flexibility index (Phi) is 9.21. The van der Waals surface area contributed by atoms with Crippen molar-refractivity contribution in [3.05, 3.63) is 63.1 Å². The Labute approximate surface area is 203 Å². The number of amides is 2. The number of hydrogen-bond donors (Lipinski definition) is 1. The van der Waals surface area contributed by atoms with Gasteiger partial charge in [-0.25, -0.2) is 8.42 Å². The summed E-state index contributed by atoms with van der Waals surface area (Å²) < 4.78 is 25.9. The largest absolute Gasteiger partial charge is 0.355 e. The molecular weight excluding hydrogens is 497 g/mol. The van der Waals surface area contributed by atoms with Gasteiger partial charge in [0.2, 0.25) is 21.8 Å². The first-order valence-corrected chi connectivity index (χ1v) is 12.7. The van der Waals surface area contributed by atoms with Gasteiger partial charge in [0, 0.05) is 28.2 Å². The number of carbonyl (C=O) groups is 2. The quantitative estimate of drug-likeness (QED) is 0.542. The van der Waals surface area contributed by atoms with Crippen molar-refractivity contribution < 1.29 is 18.0 Å². The number of benzene rings is 2. The number of rotatable bonds is 9. The molecule has 32 heavy (non-hydrogen) atoms. The topological polar surface area (TPSA) is 86.8 Å². The van der Waals surface area contributed by atoms with Gasteiger partial charge in [-0.05, 0) is 49.7 Å². The van der Waals surface area contributed by atoms with Crippen molar-refractivity contribution in [2.75, 3.05) is 23.7 Å². The first kappa shape index (κ1) is 26.3. The molecule has 0 saturated carbocycles. The summed E-state index contributed by atoms with van der Waals surface area (Å²) in [4.78, 5) is 27.1. The Bertz CT molecular complexity index is 1100. The third kappa shape index (κ3) is 7.00. The summed E-state index contributed by atoms with van der Waals surface area (Å²) in [5, 5.41) is 3.76. The molecule has 0 saturated heterocycles. The molecule has 0 aliphatic rings. The number of nitrogens with one attached hydrogen (secondary N) is 1. The molecule has 174 valence electrons. The molecule has 1 N–H and O–H groups in total. The predicted molar refractivity (Wildman–Crippen MR) is 129 cm³/mol. The van der Waals surface area contributed by atoms with Crippen LogP contribution in [0, 0.1) is 0 Å². The molecule has 0 aliphatic carbocycles. The van der Waals surface area contributed by atoms with Crippen LogP contribution in [0.3, 0.4) is 0 Å². The van der Waals surface area contributed by atoms with Crippen LogP contribution < -0.4 is 9.62 Å². The summed E-state index contributed by atoms with van der Waals surface area (Å²) in [6.45, 7) is 3.17. The molecule has 0 aliphatic heterocycles. The summed E-state index contributed by atoms with van der Waals surface area (Å²) in [6.07, 6.45) is 0.995. The summed E-state index contributed by atoms with van der Waals surface area (Å²) >= 11 is 18.2. The maximum atomic E-state index is 13.3. The van der Waals surface area contributed by atoms with E-state index in [0.717, 1.165) is 10.6 Å². The fourth-order valence-corrected chi connectivity index (χ4v) is 4.48. The van der Waals surface area contributed by atoms with Gasteiger partial charge >= 0.3 is 0 Å². The standard InChI is InChI=1S/C21H24Cl3N3O4S/c1-4-25-21(29)14(2)26(12-15-8-9-17(23)11-19(15)24)20(28)13-27(32(3,30)31)18-7-5-6-16(22)10-18/h5-11,14H,4,12-13H2,1-3H3,(H,25,29). The van der Waals surface area contributed by atoms with E-state index in [1.165, 1.54) is 23.1 Å². The zero-order chi connectivity index (χ0) is 24.1. The summed E-state index contributed by atoms with van der Waals surface area (Å²) in [5.41, 5.74) is 0.803. The first-order chi connectivity index (χ1) is 14.9. The van der Waals surface area contributed by atoms with E-state index >= 15 is 0 Å². The van der Waals surface area contributed by atoms with Crippen molar-refractivity contribution in [1.29, 1.82) is 0 Å². The third-order valence-corrected chi connectivity index (χ3v) is 6.61. The van der Waals surface area contributed by atoms with Crippen molar-refractivity contribution in [2.24, 2.45) is 0 Å². The highest BCUT2D eigenvalue weighted by atomic mass is 35.5. The molecule has 1 unspecified atom stereocenters. The lowest BCUT2D eigenvalue weighted by Gasteiger charge is -2.31. The summed E-state index contributed by atoms with van der Waals surface area (Å²) in [6, 6.07) is 10.1. The van der Waals surface area contributed by atoms with Crippen LogP contribution in [0.25, 0.3) is 0 Å². The number of anilines is 1. The lowest BCUT2D eigenvalue weighted by atomic mass is 10.1. The van der Waals surface area contributed by atoms with Crippen LogP contribution in [0.15, 0.2) is 42.5 Å². The third-order valence-electron chi connectivity index (χ3n) is 4.65. The minimum Gasteiger partial charge on any atom is -0.355 e. The van der Waals surface area contributed by atoms with E-state index in [0.29, 0.717) is 27.2 Å². The number of nitrogens with zero attached hydrogens (tertiary/aromatic N) is 2. The molecule has 0 radical (unpaired) electrons. The molecule has 2 rings (SSSR count). The Morgan fingerprint density at radius 2 is 1.72 bits per heavy atom. The molecule has 0 aromatic heterocycles. The van der Waals surface area contributed by atoms with E-state index < -0.39 is 28.5 Å². The molecule has 0 spiro atoms. The molecule has 2 amide bonds. The normalized spacial score (nSPS) is 12.2. The molecule has 7 nitrogen and oxygen atoms in total. The second-order valence-corrected chi connectivity index (χ2v) is 10.3. The van der Waals surface area contributed by atoms with Crippen LogP contribution in [0.4, 0.5) is 5.69 Å². The number of sulfonamides is 1.